The Morgan fingerprint density at radius 2 is 1.02 bits per heavy atom. The Hall–Kier alpha value is -7.70. The molecule has 12 rings (SSSR count). The van der Waals surface area contributed by atoms with Gasteiger partial charge in [0.2, 0.25) is 6.29 Å². The molecule has 1 aliphatic heterocycles. The number of aliphatic imine (C=N–C) groups is 2. The number of benzene rings is 8. The first-order valence-electron chi connectivity index (χ1n) is 19.7. The van der Waals surface area contributed by atoms with Crippen molar-refractivity contribution in [3.63, 3.8) is 0 Å². The maximum Gasteiger partial charge on any atom is 0.206 e. The molecule has 3 aromatic heterocycles. The Balaban J connectivity index is 1.08. The van der Waals surface area contributed by atoms with Gasteiger partial charge in [0.1, 0.15) is 17.0 Å². The SMILES string of the molecule is CN1C(c2ccccc2)=NC(c2ccc(-c3ccc4c(c3)oc3ccccc34)cc2)=NC1n1c2ccccc2c2ccc3c4ccccc4n(-c4ccccc4)c3c21. The number of hydrogen-bond donors (Lipinski definition) is 0. The van der Waals surface area contributed by atoms with Crippen LogP contribution < -0.4 is 0 Å². The van der Waals surface area contributed by atoms with Crippen molar-refractivity contribution >= 4 is 77.2 Å². The van der Waals surface area contributed by atoms with Gasteiger partial charge in [-0.2, -0.15) is 0 Å². The molecule has 6 heteroatoms. The van der Waals surface area contributed by atoms with Gasteiger partial charge in [-0.25, -0.2) is 9.98 Å². The topological polar surface area (TPSA) is 51.0 Å². The first-order chi connectivity index (χ1) is 28.7. The van der Waals surface area contributed by atoms with Crippen molar-refractivity contribution in [3.05, 3.63) is 199 Å². The van der Waals surface area contributed by atoms with E-state index in [-0.39, 0.29) is 0 Å². The summed E-state index contributed by atoms with van der Waals surface area (Å²) < 4.78 is 11.1. The number of nitrogens with zero attached hydrogens (tertiary/aromatic N) is 5. The molecular weight excluding hydrogens is 711 g/mol. The number of furan rings is 1. The van der Waals surface area contributed by atoms with Gasteiger partial charge in [-0.1, -0.05) is 146 Å². The van der Waals surface area contributed by atoms with Gasteiger partial charge in [-0.15, -0.1) is 0 Å². The lowest BCUT2D eigenvalue weighted by Gasteiger charge is -2.34. The van der Waals surface area contributed by atoms with Crippen LogP contribution in [0.1, 0.15) is 17.4 Å². The molecule has 58 heavy (non-hydrogen) atoms. The fraction of sp³-hybridized carbons (Fsp3) is 0.0385. The van der Waals surface area contributed by atoms with Crippen molar-refractivity contribution in [2.75, 3.05) is 7.05 Å². The molecule has 1 atom stereocenters. The summed E-state index contributed by atoms with van der Waals surface area (Å²) in [5, 5.41) is 7.04. The van der Waals surface area contributed by atoms with Gasteiger partial charge >= 0.3 is 0 Å². The van der Waals surface area contributed by atoms with Gasteiger partial charge in [0.25, 0.3) is 0 Å². The van der Waals surface area contributed by atoms with E-state index in [0.29, 0.717) is 5.84 Å². The fourth-order valence-corrected chi connectivity index (χ4v) is 9.07. The van der Waals surface area contributed by atoms with Gasteiger partial charge in [-0.3, -0.25) is 4.57 Å². The third-order valence-electron chi connectivity index (χ3n) is 11.8. The summed E-state index contributed by atoms with van der Waals surface area (Å²) in [5.41, 5.74) is 11.6. The van der Waals surface area contributed by atoms with E-state index in [9.17, 15) is 0 Å². The number of aromatic nitrogens is 2. The van der Waals surface area contributed by atoms with Gasteiger partial charge < -0.3 is 13.9 Å². The van der Waals surface area contributed by atoms with E-state index in [0.717, 1.165) is 72.3 Å². The van der Waals surface area contributed by atoms with E-state index in [2.05, 4.69) is 191 Å². The predicted octanol–water partition coefficient (Wildman–Crippen LogP) is 12.8. The average Bonchev–Trinajstić information content (AvgIpc) is 3.95. The van der Waals surface area contributed by atoms with Gasteiger partial charge in [0.15, 0.2) is 5.84 Å². The second kappa shape index (κ2) is 12.7. The van der Waals surface area contributed by atoms with Gasteiger partial charge in [0.05, 0.1) is 22.1 Å². The molecule has 8 aromatic carbocycles. The summed E-state index contributed by atoms with van der Waals surface area (Å²) in [7, 11) is 2.11. The summed E-state index contributed by atoms with van der Waals surface area (Å²) in [4.78, 5) is 13.1. The minimum Gasteiger partial charge on any atom is -0.456 e. The Morgan fingerprint density at radius 3 is 1.79 bits per heavy atom. The van der Waals surface area contributed by atoms with E-state index in [4.69, 9.17) is 14.4 Å². The first kappa shape index (κ1) is 32.5. The lowest BCUT2D eigenvalue weighted by Crippen LogP contribution is -2.38. The molecule has 0 fully saturated rings. The molecule has 0 N–H and O–H groups in total. The Morgan fingerprint density at radius 1 is 0.448 bits per heavy atom. The van der Waals surface area contributed by atoms with E-state index in [1.807, 2.05) is 18.2 Å². The Bertz CT molecular complexity index is 3460. The molecule has 6 nitrogen and oxygen atoms in total. The van der Waals surface area contributed by atoms with Crippen LogP contribution in [-0.4, -0.2) is 32.8 Å². The molecular formula is C52H35N5O. The third kappa shape index (κ3) is 4.85. The van der Waals surface area contributed by atoms with Crippen LogP contribution in [0, 0.1) is 0 Å². The second-order valence-electron chi connectivity index (χ2n) is 15.0. The molecule has 11 aromatic rings. The molecule has 0 saturated carbocycles. The average molecular weight is 746 g/mol. The lowest BCUT2D eigenvalue weighted by molar-refractivity contribution is 0.297. The van der Waals surface area contributed by atoms with Crippen LogP contribution in [0.25, 0.3) is 82.4 Å². The molecule has 0 amide bonds. The zero-order valence-corrected chi connectivity index (χ0v) is 31.6. The monoisotopic (exact) mass is 745 g/mol. The summed E-state index contributed by atoms with van der Waals surface area (Å²) in [6, 6.07) is 66.4. The van der Waals surface area contributed by atoms with Crippen molar-refractivity contribution in [2.24, 2.45) is 9.98 Å². The maximum absolute atomic E-state index is 6.24. The number of amidine groups is 2. The van der Waals surface area contributed by atoms with E-state index in [1.54, 1.807) is 0 Å². The second-order valence-corrected chi connectivity index (χ2v) is 15.0. The normalized spacial score (nSPS) is 14.6. The van der Waals surface area contributed by atoms with Crippen LogP contribution in [0.3, 0.4) is 0 Å². The molecule has 0 spiro atoms. The zero-order chi connectivity index (χ0) is 38.3. The third-order valence-corrected chi connectivity index (χ3v) is 11.8. The van der Waals surface area contributed by atoms with Crippen LogP contribution >= 0.6 is 0 Å². The van der Waals surface area contributed by atoms with Gasteiger partial charge in [0, 0.05) is 56.2 Å². The number of fused-ring (bicyclic) bond motifs is 10. The Kier molecular flexibility index (Phi) is 7.10. The van der Waals surface area contributed by atoms with Crippen LogP contribution in [0.4, 0.5) is 0 Å². The number of hydrogen-bond acceptors (Lipinski definition) is 4. The van der Waals surface area contributed by atoms with Crippen molar-refractivity contribution in [3.8, 4) is 16.8 Å². The number of para-hydroxylation sites is 4. The van der Waals surface area contributed by atoms with Crippen LogP contribution in [-0.2, 0) is 0 Å². The zero-order valence-electron chi connectivity index (χ0n) is 31.6. The summed E-state index contributed by atoms with van der Waals surface area (Å²) in [6.07, 6.45) is -0.451. The van der Waals surface area contributed by atoms with E-state index >= 15 is 0 Å². The molecule has 0 radical (unpaired) electrons. The first-order valence-corrected chi connectivity index (χ1v) is 19.7. The molecule has 274 valence electrons. The molecule has 1 aliphatic rings. The largest absolute Gasteiger partial charge is 0.456 e. The quantitative estimate of drug-likeness (QED) is 0.176. The highest BCUT2D eigenvalue weighted by Crippen LogP contribution is 2.43. The van der Waals surface area contributed by atoms with Crippen LogP contribution in [0.2, 0.25) is 0 Å². The summed E-state index contributed by atoms with van der Waals surface area (Å²) in [6.45, 7) is 0. The highest BCUT2D eigenvalue weighted by molar-refractivity contribution is 6.23. The molecule has 0 aliphatic carbocycles. The molecule has 0 bridgehead atoms. The summed E-state index contributed by atoms with van der Waals surface area (Å²) >= 11 is 0. The molecule has 1 unspecified atom stereocenters. The van der Waals surface area contributed by atoms with Crippen molar-refractivity contribution in [2.45, 2.75) is 6.29 Å². The number of rotatable bonds is 5. The standard InChI is InChI=1S/C52H35N5O/c1-55-51(35-14-4-2-5-15-35)53-50(34-26-24-33(25-27-34)36-28-29-41-40-20-10-13-23-46(40)58-47(41)32-36)54-52(55)57-45-22-12-9-19-39(45)43-31-30-42-38-18-8-11-21-44(38)56(48(42)49(43)57)37-16-6-3-7-17-37/h2-32,52H,1H3. The highest BCUT2D eigenvalue weighted by atomic mass is 16.3. The van der Waals surface area contributed by atoms with Crippen molar-refractivity contribution < 1.29 is 4.42 Å². The minimum atomic E-state index is -0.451. The van der Waals surface area contributed by atoms with E-state index < -0.39 is 6.29 Å². The molecule has 0 saturated heterocycles. The Labute approximate surface area is 333 Å². The van der Waals surface area contributed by atoms with Crippen molar-refractivity contribution in [1.82, 2.24) is 14.0 Å². The fourth-order valence-electron chi connectivity index (χ4n) is 9.07. The van der Waals surface area contributed by atoms with E-state index in [1.165, 1.54) is 27.1 Å². The van der Waals surface area contributed by atoms with Crippen LogP contribution in [0.5, 0.6) is 0 Å². The lowest BCUT2D eigenvalue weighted by atomic mass is 10.0. The highest BCUT2D eigenvalue weighted by Gasteiger charge is 2.31. The van der Waals surface area contributed by atoms with Crippen molar-refractivity contribution in [1.29, 1.82) is 0 Å². The van der Waals surface area contributed by atoms with Gasteiger partial charge in [-0.05, 0) is 53.6 Å². The van der Waals surface area contributed by atoms with Crippen LogP contribution in [0.15, 0.2) is 202 Å². The molecule has 4 heterocycles. The summed E-state index contributed by atoms with van der Waals surface area (Å²) in [5.74, 6) is 1.54. The maximum atomic E-state index is 6.24. The minimum absolute atomic E-state index is 0.451. The smallest absolute Gasteiger partial charge is 0.206 e. The predicted molar refractivity (Wildman–Crippen MR) is 239 cm³/mol.